The number of nitriles is 1. The molecular weight excluding hydrogens is 223 g/mol. The maximum Gasteiger partial charge on any atom is 0.329 e. The average molecular weight is 234 g/mol. The number of esters is 1. The second-order valence-corrected chi connectivity index (χ2v) is 3.23. The number of carbonyl (C=O) groups is 1. The topological polar surface area (TPSA) is 73.9 Å². The van der Waals surface area contributed by atoms with Crippen LogP contribution in [0.25, 0.3) is 0 Å². The van der Waals surface area contributed by atoms with Crippen LogP contribution in [0.3, 0.4) is 0 Å². The van der Waals surface area contributed by atoms with E-state index in [0.29, 0.717) is 5.56 Å². The van der Waals surface area contributed by atoms with Gasteiger partial charge in [-0.3, -0.25) is 4.79 Å². The molecule has 0 aliphatic heterocycles. The van der Waals surface area contributed by atoms with Gasteiger partial charge in [0.1, 0.15) is 5.82 Å². The lowest BCUT2D eigenvalue weighted by Crippen LogP contribution is -2.25. The smallest absolute Gasteiger partial charge is 0.329 e. The first-order chi connectivity index (χ1) is 8.10. The van der Waals surface area contributed by atoms with Crippen LogP contribution in [0.15, 0.2) is 24.3 Å². The highest BCUT2D eigenvalue weighted by molar-refractivity contribution is 6.12. The van der Waals surface area contributed by atoms with E-state index in [9.17, 15) is 9.18 Å². The van der Waals surface area contributed by atoms with Crippen LogP contribution in [0.1, 0.15) is 12.5 Å². The van der Waals surface area contributed by atoms with E-state index in [1.807, 2.05) is 0 Å². The third-order valence-corrected chi connectivity index (χ3v) is 2.10. The Morgan fingerprint density at radius 1 is 1.53 bits per heavy atom. The zero-order chi connectivity index (χ0) is 12.8. The Hall–Kier alpha value is -2.22. The number of nitrogens with zero attached hydrogens (tertiary/aromatic N) is 1. The number of rotatable bonds is 4. The van der Waals surface area contributed by atoms with Crippen molar-refractivity contribution in [2.75, 3.05) is 6.61 Å². The number of hydrogen-bond acceptors (Lipinski definition) is 4. The van der Waals surface area contributed by atoms with Crippen molar-refractivity contribution < 1.29 is 13.9 Å². The predicted molar refractivity (Wildman–Crippen MR) is 59.0 cm³/mol. The first-order valence-corrected chi connectivity index (χ1v) is 5.00. The SMILES string of the molecule is CCOC(=O)C(C#N)C(=N)c1ccc(F)cc1. The predicted octanol–water partition coefficient (Wildman–Crippen LogP) is 1.90. The van der Waals surface area contributed by atoms with Crippen LogP contribution in [0.5, 0.6) is 0 Å². The quantitative estimate of drug-likeness (QED) is 0.638. The molecule has 0 radical (unpaired) electrons. The van der Waals surface area contributed by atoms with Gasteiger partial charge in [-0.2, -0.15) is 5.26 Å². The first kappa shape index (κ1) is 12.8. The highest BCUT2D eigenvalue weighted by Crippen LogP contribution is 2.11. The van der Waals surface area contributed by atoms with Crippen LogP contribution in [0, 0.1) is 28.5 Å². The Labute approximate surface area is 98.1 Å². The molecular formula is C12H11FN2O2. The van der Waals surface area contributed by atoms with E-state index >= 15 is 0 Å². The van der Waals surface area contributed by atoms with Gasteiger partial charge in [0.25, 0.3) is 0 Å². The van der Waals surface area contributed by atoms with E-state index in [1.54, 1.807) is 13.0 Å². The molecule has 0 aliphatic rings. The lowest BCUT2D eigenvalue weighted by atomic mass is 9.98. The van der Waals surface area contributed by atoms with Crippen molar-refractivity contribution in [2.24, 2.45) is 5.92 Å². The van der Waals surface area contributed by atoms with E-state index in [4.69, 9.17) is 10.7 Å². The minimum Gasteiger partial charge on any atom is -0.465 e. The first-order valence-electron chi connectivity index (χ1n) is 5.00. The fourth-order valence-electron chi connectivity index (χ4n) is 1.26. The summed E-state index contributed by atoms with van der Waals surface area (Å²) in [5.41, 5.74) is 0.136. The van der Waals surface area contributed by atoms with Crippen molar-refractivity contribution in [2.45, 2.75) is 6.92 Å². The van der Waals surface area contributed by atoms with Crippen molar-refractivity contribution in [3.63, 3.8) is 0 Å². The van der Waals surface area contributed by atoms with Gasteiger partial charge in [-0.15, -0.1) is 0 Å². The van der Waals surface area contributed by atoms with Crippen molar-refractivity contribution in [3.05, 3.63) is 35.6 Å². The van der Waals surface area contributed by atoms with Gasteiger partial charge >= 0.3 is 5.97 Å². The van der Waals surface area contributed by atoms with Crippen LogP contribution in [0.4, 0.5) is 4.39 Å². The van der Waals surface area contributed by atoms with Crippen LogP contribution >= 0.6 is 0 Å². The van der Waals surface area contributed by atoms with Crippen molar-refractivity contribution in [1.29, 1.82) is 10.7 Å². The van der Waals surface area contributed by atoms with Gasteiger partial charge < -0.3 is 10.1 Å². The molecule has 5 heteroatoms. The molecule has 1 aromatic carbocycles. The maximum atomic E-state index is 12.7. The molecule has 1 aromatic rings. The summed E-state index contributed by atoms with van der Waals surface area (Å²) in [6.07, 6.45) is 0. The van der Waals surface area contributed by atoms with E-state index in [0.717, 1.165) is 0 Å². The normalized spacial score (nSPS) is 11.4. The van der Waals surface area contributed by atoms with Gasteiger partial charge in [0.2, 0.25) is 0 Å². The van der Waals surface area contributed by atoms with Crippen LogP contribution in [0.2, 0.25) is 0 Å². The molecule has 1 unspecified atom stereocenters. The minimum atomic E-state index is -1.28. The molecule has 1 N–H and O–H groups in total. The highest BCUT2D eigenvalue weighted by atomic mass is 19.1. The molecule has 17 heavy (non-hydrogen) atoms. The van der Waals surface area contributed by atoms with E-state index in [-0.39, 0.29) is 12.3 Å². The van der Waals surface area contributed by atoms with Crippen molar-refractivity contribution in [1.82, 2.24) is 0 Å². The molecule has 0 aromatic heterocycles. The largest absolute Gasteiger partial charge is 0.465 e. The number of halogens is 1. The summed E-state index contributed by atoms with van der Waals surface area (Å²) in [5, 5.41) is 16.6. The third kappa shape index (κ3) is 3.11. The van der Waals surface area contributed by atoms with E-state index < -0.39 is 17.7 Å². The molecule has 1 rings (SSSR count). The fourth-order valence-corrected chi connectivity index (χ4v) is 1.26. The monoisotopic (exact) mass is 234 g/mol. The second kappa shape index (κ2) is 5.75. The van der Waals surface area contributed by atoms with Gasteiger partial charge in [0.05, 0.1) is 18.4 Å². The molecule has 0 bridgehead atoms. The summed E-state index contributed by atoms with van der Waals surface area (Å²) in [6.45, 7) is 1.77. The van der Waals surface area contributed by atoms with Crippen LogP contribution < -0.4 is 0 Å². The molecule has 4 nitrogen and oxygen atoms in total. The number of benzene rings is 1. The van der Waals surface area contributed by atoms with E-state index in [1.165, 1.54) is 24.3 Å². The van der Waals surface area contributed by atoms with E-state index in [2.05, 4.69) is 4.74 Å². The fraction of sp³-hybridized carbons (Fsp3) is 0.250. The molecule has 0 heterocycles. The molecule has 0 spiro atoms. The number of ether oxygens (including phenoxy) is 1. The maximum absolute atomic E-state index is 12.7. The van der Waals surface area contributed by atoms with Crippen LogP contribution in [-0.2, 0) is 9.53 Å². The van der Waals surface area contributed by atoms with Gasteiger partial charge in [0, 0.05) is 0 Å². The Balaban J connectivity index is 2.91. The van der Waals surface area contributed by atoms with Gasteiger partial charge in [-0.25, -0.2) is 4.39 Å². The Morgan fingerprint density at radius 3 is 2.59 bits per heavy atom. The summed E-state index contributed by atoms with van der Waals surface area (Å²) in [5.74, 6) is -2.48. The van der Waals surface area contributed by atoms with Gasteiger partial charge in [0.15, 0.2) is 5.92 Å². The van der Waals surface area contributed by atoms with Gasteiger partial charge in [-0.05, 0) is 24.6 Å². The standard InChI is InChI=1S/C12H11FN2O2/c1-2-17-12(16)10(7-14)11(15)8-3-5-9(13)6-4-8/h3-6,10,15H,2H2,1H3. The second-order valence-electron chi connectivity index (χ2n) is 3.23. The van der Waals surface area contributed by atoms with Gasteiger partial charge in [-0.1, -0.05) is 12.1 Å². The number of hydrogen-bond donors (Lipinski definition) is 1. The summed E-state index contributed by atoms with van der Waals surface area (Å²) in [7, 11) is 0. The molecule has 0 amide bonds. The summed E-state index contributed by atoms with van der Waals surface area (Å²) in [4.78, 5) is 11.4. The molecule has 88 valence electrons. The molecule has 0 saturated heterocycles. The summed E-state index contributed by atoms with van der Waals surface area (Å²) < 4.78 is 17.4. The molecule has 0 saturated carbocycles. The number of carbonyl (C=O) groups excluding carboxylic acids is 1. The zero-order valence-electron chi connectivity index (χ0n) is 9.24. The van der Waals surface area contributed by atoms with Crippen LogP contribution in [-0.4, -0.2) is 18.3 Å². The lowest BCUT2D eigenvalue weighted by molar-refractivity contribution is -0.143. The van der Waals surface area contributed by atoms with Crippen molar-refractivity contribution in [3.8, 4) is 6.07 Å². The molecule has 1 atom stereocenters. The minimum absolute atomic E-state index is 0.147. The zero-order valence-corrected chi connectivity index (χ0v) is 9.24. The Kier molecular flexibility index (Phi) is 4.35. The third-order valence-electron chi connectivity index (χ3n) is 2.10. The van der Waals surface area contributed by atoms with Crippen molar-refractivity contribution >= 4 is 11.7 Å². The Morgan fingerprint density at radius 2 is 2.12 bits per heavy atom. The lowest BCUT2D eigenvalue weighted by Gasteiger charge is -2.09. The number of nitrogens with one attached hydrogen (secondary N) is 1. The summed E-state index contributed by atoms with van der Waals surface area (Å²) >= 11 is 0. The Bertz CT molecular complexity index is 462. The molecule has 0 fully saturated rings. The average Bonchev–Trinajstić information content (AvgIpc) is 2.31. The highest BCUT2D eigenvalue weighted by Gasteiger charge is 2.25. The molecule has 0 aliphatic carbocycles. The summed E-state index contributed by atoms with van der Waals surface area (Å²) in [6, 6.07) is 6.74.